The molecule has 2 bridgehead atoms. The Morgan fingerprint density at radius 2 is 1.87 bits per heavy atom. The van der Waals surface area contributed by atoms with Gasteiger partial charge in [-0.25, -0.2) is 4.79 Å². The molecule has 0 saturated carbocycles. The zero-order valence-corrected chi connectivity index (χ0v) is 11.7. The number of fused-ring (bicyclic) bond motifs is 2. The molecular formula is C14H13NO8. The van der Waals surface area contributed by atoms with Gasteiger partial charge in [-0.3, -0.25) is 9.59 Å². The van der Waals surface area contributed by atoms with Gasteiger partial charge in [0.2, 0.25) is 5.79 Å². The summed E-state index contributed by atoms with van der Waals surface area (Å²) >= 11 is 0. The van der Waals surface area contributed by atoms with Gasteiger partial charge < -0.3 is 29.7 Å². The second kappa shape index (κ2) is 5.21. The molecule has 3 rings (SSSR count). The average Bonchev–Trinajstić information content (AvgIpc) is 2.82. The number of aliphatic carboxylic acids is 2. The number of phenolic OH excluding ortho intramolecular Hbond substituents is 1. The summed E-state index contributed by atoms with van der Waals surface area (Å²) < 4.78 is 11.0. The van der Waals surface area contributed by atoms with Crippen molar-refractivity contribution in [3.63, 3.8) is 0 Å². The van der Waals surface area contributed by atoms with Crippen LogP contribution in [0.15, 0.2) is 24.3 Å². The van der Waals surface area contributed by atoms with Crippen LogP contribution in [0.1, 0.15) is 5.56 Å². The van der Waals surface area contributed by atoms with Crippen molar-refractivity contribution in [3.05, 3.63) is 29.8 Å². The first-order valence-electron chi connectivity index (χ1n) is 6.71. The molecule has 3 atom stereocenters. The minimum absolute atomic E-state index is 0.0104. The van der Waals surface area contributed by atoms with Gasteiger partial charge in [0.1, 0.15) is 12.3 Å². The molecule has 23 heavy (non-hydrogen) atoms. The summed E-state index contributed by atoms with van der Waals surface area (Å²) in [6.45, 7) is -0.850. The molecule has 122 valence electrons. The number of ether oxygens (including phenoxy) is 2. The average molecular weight is 323 g/mol. The fourth-order valence-electron chi connectivity index (χ4n) is 2.74. The largest absolute Gasteiger partial charge is 0.508 e. The van der Waals surface area contributed by atoms with Crippen LogP contribution in [0.3, 0.4) is 0 Å². The number of carbonyl (C=O) groups is 3. The molecular weight excluding hydrogens is 310 g/mol. The van der Waals surface area contributed by atoms with E-state index in [1.165, 1.54) is 24.3 Å². The van der Waals surface area contributed by atoms with Crippen molar-refractivity contribution in [2.24, 2.45) is 0 Å². The molecule has 0 aliphatic carbocycles. The van der Waals surface area contributed by atoms with Crippen molar-refractivity contribution < 1.29 is 39.2 Å². The zero-order chi connectivity index (χ0) is 16.8. The highest BCUT2D eigenvalue weighted by atomic mass is 16.8. The molecule has 1 aromatic rings. The SMILES string of the molecule is O=C(O)CN1CC2(c3ccc(O)cc3)OC(C(=O)O)C(O2)C1=O. The van der Waals surface area contributed by atoms with Gasteiger partial charge in [-0.2, -0.15) is 0 Å². The minimum Gasteiger partial charge on any atom is -0.508 e. The van der Waals surface area contributed by atoms with Gasteiger partial charge in [-0.05, 0) is 24.3 Å². The van der Waals surface area contributed by atoms with Crippen LogP contribution in [0.4, 0.5) is 0 Å². The molecule has 2 fully saturated rings. The first-order chi connectivity index (χ1) is 10.8. The van der Waals surface area contributed by atoms with Gasteiger partial charge in [0.25, 0.3) is 5.91 Å². The van der Waals surface area contributed by atoms with E-state index in [4.69, 9.17) is 14.6 Å². The maximum Gasteiger partial charge on any atom is 0.336 e. The Morgan fingerprint density at radius 1 is 1.22 bits per heavy atom. The molecule has 9 heteroatoms. The van der Waals surface area contributed by atoms with E-state index in [1.807, 2.05) is 0 Å². The van der Waals surface area contributed by atoms with Crippen LogP contribution in [0.5, 0.6) is 5.75 Å². The highest BCUT2D eigenvalue weighted by Crippen LogP contribution is 2.43. The van der Waals surface area contributed by atoms with Gasteiger partial charge in [-0.1, -0.05) is 0 Å². The molecule has 0 aromatic heterocycles. The number of benzene rings is 1. The Bertz CT molecular complexity index is 672. The second-order valence-electron chi connectivity index (χ2n) is 5.30. The molecule has 0 radical (unpaired) electrons. The van der Waals surface area contributed by atoms with Crippen molar-refractivity contribution in [2.75, 3.05) is 13.1 Å². The Kier molecular flexibility index (Phi) is 3.46. The lowest BCUT2D eigenvalue weighted by molar-refractivity contribution is -0.219. The highest BCUT2D eigenvalue weighted by molar-refractivity contribution is 5.91. The number of hydrogen-bond acceptors (Lipinski definition) is 6. The van der Waals surface area contributed by atoms with Crippen LogP contribution >= 0.6 is 0 Å². The Balaban J connectivity index is 2.01. The number of rotatable bonds is 4. The van der Waals surface area contributed by atoms with E-state index in [0.717, 1.165) is 4.90 Å². The van der Waals surface area contributed by atoms with Gasteiger partial charge >= 0.3 is 11.9 Å². The summed E-state index contributed by atoms with van der Waals surface area (Å²) in [5.41, 5.74) is 0.381. The number of carboxylic acids is 2. The maximum atomic E-state index is 12.2. The Hall–Kier alpha value is -2.65. The van der Waals surface area contributed by atoms with Crippen LogP contribution in [0, 0.1) is 0 Å². The lowest BCUT2D eigenvalue weighted by Gasteiger charge is -2.37. The van der Waals surface area contributed by atoms with Crippen LogP contribution in [-0.4, -0.2) is 63.4 Å². The lowest BCUT2D eigenvalue weighted by Crippen LogP contribution is -2.55. The van der Waals surface area contributed by atoms with E-state index in [1.54, 1.807) is 0 Å². The molecule has 3 unspecified atom stereocenters. The topological polar surface area (TPSA) is 134 Å². The van der Waals surface area contributed by atoms with Crippen molar-refractivity contribution in [1.29, 1.82) is 0 Å². The molecule has 2 aliphatic heterocycles. The summed E-state index contributed by atoms with van der Waals surface area (Å²) in [4.78, 5) is 35.4. The summed E-state index contributed by atoms with van der Waals surface area (Å²) in [5, 5.41) is 27.5. The van der Waals surface area contributed by atoms with E-state index < -0.39 is 42.4 Å². The third-order valence-corrected chi connectivity index (χ3v) is 3.74. The van der Waals surface area contributed by atoms with Crippen LogP contribution in [0.2, 0.25) is 0 Å². The Labute approximate surface area is 129 Å². The molecule has 1 amide bonds. The predicted molar refractivity (Wildman–Crippen MR) is 71.4 cm³/mol. The summed E-state index contributed by atoms with van der Waals surface area (Å²) in [5.74, 6) is -4.94. The maximum absolute atomic E-state index is 12.2. The zero-order valence-electron chi connectivity index (χ0n) is 11.7. The Morgan fingerprint density at radius 3 is 2.43 bits per heavy atom. The van der Waals surface area contributed by atoms with Crippen LogP contribution in [0.25, 0.3) is 0 Å². The summed E-state index contributed by atoms with van der Waals surface area (Å²) in [6.07, 6.45) is -2.95. The molecule has 1 aromatic carbocycles. The number of nitrogens with zero attached hydrogens (tertiary/aromatic N) is 1. The number of amides is 1. The van der Waals surface area contributed by atoms with E-state index in [9.17, 15) is 24.6 Å². The van der Waals surface area contributed by atoms with Crippen LogP contribution in [-0.2, 0) is 29.6 Å². The minimum atomic E-state index is -1.58. The fourth-order valence-corrected chi connectivity index (χ4v) is 2.74. The number of aromatic hydroxyl groups is 1. The number of carboxylic acid groups (broad SMARTS) is 2. The standard InChI is InChI=1S/C14H13NO8/c16-8-3-1-7(2-4-8)14-6-15(5-9(17)18)12(19)10(22-14)11(23-14)13(20)21/h1-4,10-11,16H,5-6H2,(H,17,18)(H,20,21). The lowest BCUT2D eigenvalue weighted by atomic mass is 10.0. The summed E-state index contributed by atoms with van der Waals surface area (Å²) in [6, 6.07) is 5.65. The quantitative estimate of drug-likeness (QED) is 0.665. The van der Waals surface area contributed by atoms with E-state index >= 15 is 0 Å². The van der Waals surface area contributed by atoms with E-state index in [0.29, 0.717) is 5.56 Å². The molecule has 2 saturated heterocycles. The van der Waals surface area contributed by atoms with Gasteiger partial charge in [0.15, 0.2) is 12.2 Å². The van der Waals surface area contributed by atoms with Crippen molar-refractivity contribution >= 4 is 17.8 Å². The smallest absolute Gasteiger partial charge is 0.336 e. The van der Waals surface area contributed by atoms with Gasteiger partial charge in [0, 0.05) is 5.56 Å². The monoisotopic (exact) mass is 323 g/mol. The highest BCUT2D eigenvalue weighted by Gasteiger charge is 2.60. The third-order valence-electron chi connectivity index (χ3n) is 3.74. The van der Waals surface area contributed by atoms with E-state index in [-0.39, 0.29) is 12.3 Å². The van der Waals surface area contributed by atoms with Gasteiger partial charge in [-0.15, -0.1) is 0 Å². The number of morpholine rings is 1. The van der Waals surface area contributed by atoms with Gasteiger partial charge in [0.05, 0.1) is 6.54 Å². The number of phenols is 1. The first-order valence-corrected chi connectivity index (χ1v) is 6.71. The van der Waals surface area contributed by atoms with Crippen molar-refractivity contribution in [2.45, 2.75) is 18.0 Å². The normalized spacial score (nSPS) is 29.6. The van der Waals surface area contributed by atoms with E-state index in [2.05, 4.69) is 0 Å². The van der Waals surface area contributed by atoms with Crippen LogP contribution < -0.4 is 0 Å². The van der Waals surface area contributed by atoms with Crippen molar-refractivity contribution in [3.8, 4) is 5.75 Å². The third kappa shape index (κ3) is 2.49. The molecule has 3 N–H and O–H groups in total. The fraction of sp³-hybridized carbons (Fsp3) is 0.357. The van der Waals surface area contributed by atoms with Crippen molar-refractivity contribution in [1.82, 2.24) is 4.90 Å². The number of carbonyl (C=O) groups excluding carboxylic acids is 1. The molecule has 9 nitrogen and oxygen atoms in total. The number of hydrogen-bond donors (Lipinski definition) is 3. The molecule has 0 spiro atoms. The second-order valence-corrected chi connectivity index (χ2v) is 5.30. The molecule has 2 heterocycles. The molecule has 2 aliphatic rings. The predicted octanol–water partition coefficient (Wildman–Crippen LogP) is -0.660. The first kappa shape index (κ1) is 15.3. The summed E-state index contributed by atoms with van der Waals surface area (Å²) in [7, 11) is 0.